The lowest BCUT2D eigenvalue weighted by Gasteiger charge is -2.35. The van der Waals surface area contributed by atoms with Crippen LogP contribution in [-0.2, 0) is 6.54 Å². The molecule has 6 nitrogen and oxygen atoms in total. The standard InChI is InChI=1S/C18H31N5O/c1-15(13-22-12-9-19-14-22)20-17-7-10-23(11-8-17)18(24)21-16-5-3-2-4-6-16/h9,12,14-17,20H,2-8,10-11,13H2,1H3,(H,21,24)/t15-/m0/s1. The molecule has 0 aromatic carbocycles. The minimum atomic E-state index is 0.145. The van der Waals surface area contributed by atoms with Crippen molar-refractivity contribution < 1.29 is 4.79 Å². The molecule has 0 unspecified atom stereocenters. The number of rotatable bonds is 5. The smallest absolute Gasteiger partial charge is 0.317 e. The van der Waals surface area contributed by atoms with Crippen molar-refractivity contribution in [3.8, 4) is 0 Å². The summed E-state index contributed by atoms with van der Waals surface area (Å²) in [4.78, 5) is 18.5. The van der Waals surface area contributed by atoms with E-state index in [2.05, 4.69) is 27.1 Å². The molecule has 2 fully saturated rings. The zero-order valence-corrected chi connectivity index (χ0v) is 14.8. The largest absolute Gasteiger partial charge is 0.336 e. The third-order valence-corrected chi connectivity index (χ3v) is 5.28. The van der Waals surface area contributed by atoms with Crippen LogP contribution in [0.1, 0.15) is 51.9 Å². The summed E-state index contributed by atoms with van der Waals surface area (Å²) in [5, 5.41) is 6.92. The molecule has 6 heteroatoms. The predicted molar refractivity (Wildman–Crippen MR) is 94.8 cm³/mol. The van der Waals surface area contributed by atoms with E-state index in [1.54, 1.807) is 0 Å². The van der Waals surface area contributed by atoms with Crippen LogP contribution in [0.15, 0.2) is 18.7 Å². The number of piperidine rings is 1. The van der Waals surface area contributed by atoms with Crippen molar-refractivity contribution in [2.75, 3.05) is 13.1 Å². The molecule has 1 aliphatic heterocycles. The highest BCUT2D eigenvalue weighted by atomic mass is 16.2. The Labute approximate surface area is 145 Å². The molecule has 2 amide bonds. The summed E-state index contributed by atoms with van der Waals surface area (Å²) >= 11 is 0. The molecule has 1 atom stereocenters. The van der Waals surface area contributed by atoms with Crippen molar-refractivity contribution in [2.45, 2.75) is 76.5 Å². The Kier molecular flexibility index (Phi) is 6.12. The van der Waals surface area contributed by atoms with E-state index in [0.717, 1.165) is 45.3 Å². The lowest BCUT2D eigenvalue weighted by Crippen LogP contribution is -2.52. The molecule has 134 valence electrons. The van der Waals surface area contributed by atoms with Crippen LogP contribution < -0.4 is 10.6 Å². The molecule has 2 heterocycles. The zero-order chi connectivity index (χ0) is 16.8. The molecular formula is C18H31N5O. The van der Waals surface area contributed by atoms with Gasteiger partial charge < -0.3 is 20.1 Å². The molecule has 1 aliphatic carbocycles. The number of carbonyl (C=O) groups excluding carboxylic acids is 1. The highest BCUT2D eigenvalue weighted by Crippen LogP contribution is 2.18. The van der Waals surface area contributed by atoms with Crippen molar-refractivity contribution in [1.82, 2.24) is 25.1 Å². The van der Waals surface area contributed by atoms with Crippen molar-refractivity contribution >= 4 is 6.03 Å². The fourth-order valence-corrected chi connectivity index (χ4v) is 3.93. The molecule has 24 heavy (non-hydrogen) atoms. The lowest BCUT2D eigenvalue weighted by molar-refractivity contribution is 0.167. The van der Waals surface area contributed by atoms with Gasteiger partial charge in [-0.1, -0.05) is 19.3 Å². The number of imidazole rings is 1. The Hall–Kier alpha value is -1.56. The molecule has 0 radical (unpaired) electrons. The van der Waals surface area contributed by atoms with Crippen LogP contribution in [-0.4, -0.2) is 51.7 Å². The van der Waals surface area contributed by atoms with Crippen LogP contribution in [0.2, 0.25) is 0 Å². The van der Waals surface area contributed by atoms with E-state index in [1.165, 1.54) is 19.3 Å². The Morgan fingerprint density at radius 3 is 2.58 bits per heavy atom. The molecule has 1 saturated heterocycles. The van der Waals surface area contributed by atoms with Crippen LogP contribution in [0.4, 0.5) is 4.79 Å². The van der Waals surface area contributed by atoms with E-state index in [1.807, 2.05) is 23.6 Å². The van der Waals surface area contributed by atoms with Crippen molar-refractivity contribution in [3.63, 3.8) is 0 Å². The maximum absolute atomic E-state index is 12.4. The first-order valence-electron chi connectivity index (χ1n) is 9.48. The highest BCUT2D eigenvalue weighted by molar-refractivity contribution is 5.74. The lowest BCUT2D eigenvalue weighted by atomic mass is 9.95. The van der Waals surface area contributed by atoms with E-state index >= 15 is 0 Å². The van der Waals surface area contributed by atoms with Gasteiger partial charge in [0.25, 0.3) is 0 Å². The fraction of sp³-hybridized carbons (Fsp3) is 0.778. The average molecular weight is 333 g/mol. The maximum atomic E-state index is 12.4. The fourth-order valence-electron chi connectivity index (χ4n) is 3.93. The van der Waals surface area contributed by atoms with Crippen LogP contribution >= 0.6 is 0 Å². The van der Waals surface area contributed by atoms with E-state index in [4.69, 9.17) is 0 Å². The molecule has 0 bridgehead atoms. The first-order valence-corrected chi connectivity index (χ1v) is 9.48. The van der Waals surface area contributed by atoms with Crippen LogP contribution in [0.5, 0.6) is 0 Å². The SMILES string of the molecule is C[C@@H](Cn1ccnc1)NC1CCN(C(=O)NC2CCCCC2)CC1. The summed E-state index contributed by atoms with van der Waals surface area (Å²) < 4.78 is 2.10. The number of likely N-dealkylation sites (tertiary alicyclic amines) is 1. The number of amides is 2. The quantitative estimate of drug-likeness (QED) is 0.869. The molecule has 2 N–H and O–H groups in total. The van der Waals surface area contributed by atoms with Gasteiger partial charge >= 0.3 is 6.03 Å². The summed E-state index contributed by atoms with van der Waals surface area (Å²) in [6.07, 6.45) is 13.9. The first kappa shape index (κ1) is 17.3. The van der Waals surface area contributed by atoms with Crippen molar-refractivity contribution in [2.24, 2.45) is 0 Å². The number of hydrogen-bond acceptors (Lipinski definition) is 3. The summed E-state index contributed by atoms with van der Waals surface area (Å²) in [5.41, 5.74) is 0. The van der Waals surface area contributed by atoms with Gasteiger partial charge in [-0.2, -0.15) is 0 Å². The minimum absolute atomic E-state index is 0.145. The molecule has 1 aromatic rings. The van der Waals surface area contributed by atoms with Gasteiger partial charge in [0, 0.05) is 50.2 Å². The van der Waals surface area contributed by atoms with Gasteiger partial charge in [0.15, 0.2) is 0 Å². The Morgan fingerprint density at radius 1 is 1.17 bits per heavy atom. The molecule has 1 aromatic heterocycles. The number of hydrogen-bond donors (Lipinski definition) is 2. The number of nitrogens with one attached hydrogen (secondary N) is 2. The van der Waals surface area contributed by atoms with E-state index in [9.17, 15) is 4.79 Å². The normalized spacial score (nSPS) is 21.6. The topological polar surface area (TPSA) is 62.2 Å². The third kappa shape index (κ3) is 4.97. The molecule has 2 aliphatic rings. The number of carbonyl (C=O) groups is 1. The number of urea groups is 1. The molecular weight excluding hydrogens is 302 g/mol. The van der Waals surface area contributed by atoms with Gasteiger partial charge in [-0.3, -0.25) is 0 Å². The Balaban J connectivity index is 1.36. The third-order valence-electron chi connectivity index (χ3n) is 5.28. The van der Waals surface area contributed by atoms with E-state index < -0.39 is 0 Å². The predicted octanol–water partition coefficient (Wildman–Crippen LogP) is 2.37. The highest BCUT2D eigenvalue weighted by Gasteiger charge is 2.25. The second kappa shape index (κ2) is 8.51. The molecule has 1 saturated carbocycles. The first-order chi connectivity index (χ1) is 11.7. The Morgan fingerprint density at radius 2 is 1.92 bits per heavy atom. The van der Waals surface area contributed by atoms with Gasteiger partial charge in [-0.05, 0) is 32.6 Å². The Bertz CT molecular complexity index is 490. The van der Waals surface area contributed by atoms with Crippen LogP contribution in [0.3, 0.4) is 0 Å². The van der Waals surface area contributed by atoms with E-state index in [0.29, 0.717) is 18.1 Å². The van der Waals surface area contributed by atoms with Gasteiger partial charge in [-0.25, -0.2) is 9.78 Å². The number of aromatic nitrogens is 2. The van der Waals surface area contributed by atoms with Crippen molar-refractivity contribution in [1.29, 1.82) is 0 Å². The second-order valence-electron chi connectivity index (χ2n) is 7.37. The van der Waals surface area contributed by atoms with Gasteiger partial charge in [0.05, 0.1) is 6.33 Å². The zero-order valence-electron chi connectivity index (χ0n) is 14.8. The summed E-state index contributed by atoms with van der Waals surface area (Å²) in [6.45, 7) is 4.85. The minimum Gasteiger partial charge on any atom is -0.336 e. The van der Waals surface area contributed by atoms with Crippen molar-refractivity contribution in [3.05, 3.63) is 18.7 Å². The maximum Gasteiger partial charge on any atom is 0.317 e. The average Bonchev–Trinajstić information content (AvgIpc) is 3.09. The number of nitrogens with zero attached hydrogens (tertiary/aromatic N) is 3. The van der Waals surface area contributed by atoms with Crippen LogP contribution in [0, 0.1) is 0 Å². The second-order valence-corrected chi connectivity index (χ2v) is 7.37. The van der Waals surface area contributed by atoms with Gasteiger partial charge in [-0.15, -0.1) is 0 Å². The summed E-state index contributed by atoms with van der Waals surface area (Å²) in [5.74, 6) is 0. The van der Waals surface area contributed by atoms with Gasteiger partial charge in [0.1, 0.15) is 0 Å². The van der Waals surface area contributed by atoms with Crippen LogP contribution in [0.25, 0.3) is 0 Å². The summed E-state index contributed by atoms with van der Waals surface area (Å²) in [7, 11) is 0. The monoisotopic (exact) mass is 333 g/mol. The van der Waals surface area contributed by atoms with E-state index in [-0.39, 0.29) is 6.03 Å². The molecule has 0 spiro atoms. The van der Waals surface area contributed by atoms with Gasteiger partial charge in [0.2, 0.25) is 0 Å². The summed E-state index contributed by atoms with van der Waals surface area (Å²) in [6, 6.07) is 1.46. The molecule has 3 rings (SSSR count).